The summed E-state index contributed by atoms with van der Waals surface area (Å²) in [4.78, 5) is 25.1. The van der Waals surface area contributed by atoms with Crippen molar-refractivity contribution in [2.45, 2.75) is 117 Å². The number of hydrogen-bond acceptors (Lipinski definition) is 7. The summed E-state index contributed by atoms with van der Waals surface area (Å²) in [7, 11) is -1.66. The Morgan fingerprint density at radius 3 is 2.38 bits per heavy atom. The molecule has 0 spiro atoms. The molecule has 2 aliphatic heterocycles. The highest BCUT2D eigenvalue weighted by Crippen LogP contribution is 2.38. The first-order valence-corrected chi connectivity index (χ1v) is 20.9. The molecule has 2 aromatic heterocycles. The van der Waals surface area contributed by atoms with Gasteiger partial charge in [-0.05, 0) is 101 Å². The van der Waals surface area contributed by atoms with Gasteiger partial charge in [-0.1, -0.05) is 50.0 Å². The van der Waals surface area contributed by atoms with Crippen molar-refractivity contribution in [2.24, 2.45) is 0 Å². The standard InChI is InChI=1S/C37H51BN4O5Si/c1-35(2,3)45-34(43)41-17-11-12-31(41)33-40-30-22-28(23-39-32(30)42(33)24-44-18-19-48(8,9)10)26-13-14-27-21-29(16-15-25(27)20-26)38-46-36(4,5)37(6,7)47-38/h13-16,20-23,31H,11-12,17-19,24H2,1-10H3/t31-/m0/s1. The quantitative estimate of drug-likeness (QED) is 0.139. The summed E-state index contributed by atoms with van der Waals surface area (Å²) in [5, 5.41) is 2.24. The predicted octanol–water partition coefficient (Wildman–Crippen LogP) is 7.94. The Kier molecular flexibility index (Phi) is 9.07. The van der Waals surface area contributed by atoms with Crippen molar-refractivity contribution in [1.82, 2.24) is 19.4 Å². The normalized spacial score (nSPS) is 19.5. The number of amides is 1. The Balaban J connectivity index is 1.31. The van der Waals surface area contributed by atoms with Crippen LogP contribution in [0.5, 0.6) is 0 Å². The maximum Gasteiger partial charge on any atom is 0.494 e. The van der Waals surface area contributed by atoms with Gasteiger partial charge in [-0.2, -0.15) is 0 Å². The minimum absolute atomic E-state index is 0.211. The molecule has 48 heavy (non-hydrogen) atoms. The van der Waals surface area contributed by atoms with E-state index in [1.165, 1.54) is 0 Å². The highest BCUT2D eigenvalue weighted by Gasteiger charge is 2.51. The largest absolute Gasteiger partial charge is 0.494 e. The molecular formula is C37H51BN4O5Si. The first-order chi connectivity index (χ1) is 22.4. The molecule has 0 bridgehead atoms. The number of carbonyl (C=O) groups excluding carboxylic acids is 1. The third-order valence-corrected chi connectivity index (χ3v) is 11.4. The van der Waals surface area contributed by atoms with Crippen molar-refractivity contribution in [3.8, 4) is 11.1 Å². The van der Waals surface area contributed by atoms with Gasteiger partial charge in [-0.15, -0.1) is 0 Å². The summed E-state index contributed by atoms with van der Waals surface area (Å²) in [5.41, 5.74) is 3.23. The maximum absolute atomic E-state index is 13.3. The fourth-order valence-electron chi connectivity index (χ4n) is 6.25. The molecular weight excluding hydrogens is 619 g/mol. The van der Waals surface area contributed by atoms with E-state index in [0.717, 1.165) is 63.2 Å². The lowest BCUT2D eigenvalue weighted by Crippen LogP contribution is -2.41. The number of carbonyl (C=O) groups is 1. The van der Waals surface area contributed by atoms with Crippen LogP contribution in [0.3, 0.4) is 0 Å². The molecule has 0 aliphatic carbocycles. The van der Waals surface area contributed by atoms with E-state index in [4.69, 9.17) is 28.8 Å². The van der Waals surface area contributed by atoms with Crippen LogP contribution in [0.25, 0.3) is 33.1 Å². The van der Waals surface area contributed by atoms with Crippen LogP contribution in [0.1, 0.15) is 73.2 Å². The molecule has 6 rings (SSSR count). The Bertz CT molecular complexity index is 1810. The van der Waals surface area contributed by atoms with E-state index < -0.39 is 20.8 Å². The van der Waals surface area contributed by atoms with E-state index in [9.17, 15) is 4.79 Å². The fourth-order valence-corrected chi connectivity index (χ4v) is 7.00. The van der Waals surface area contributed by atoms with Crippen LogP contribution in [-0.2, 0) is 25.5 Å². The van der Waals surface area contributed by atoms with Crippen LogP contribution >= 0.6 is 0 Å². The zero-order valence-corrected chi connectivity index (χ0v) is 31.3. The number of pyridine rings is 1. The van der Waals surface area contributed by atoms with Gasteiger partial charge in [-0.25, -0.2) is 14.8 Å². The molecule has 9 nitrogen and oxygen atoms in total. The van der Waals surface area contributed by atoms with Gasteiger partial charge in [0.1, 0.15) is 23.7 Å². The van der Waals surface area contributed by atoms with Gasteiger partial charge in [0.2, 0.25) is 0 Å². The van der Waals surface area contributed by atoms with Crippen molar-refractivity contribution >= 4 is 48.7 Å². The summed E-state index contributed by atoms with van der Waals surface area (Å²) in [6.07, 6.45) is 3.29. The smallest absolute Gasteiger partial charge is 0.444 e. The number of nitrogens with zero attached hydrogens (tertiary/aromatic N) is 4. The van der Waals surface area contributed by atoms with Crippen molar-refractivity contribution in [1.29, 1.82) is 0 Å². The molecule has 2 aromatic carbocycles. The minimum atomic E-state index is -1.25. The van der Waals surface area contributed by atoms with Crippen LogP contribution in [0, 0.1) is 0 Å². The summed E-state index contributed by atoms with van der Waals surface area (Å²) in [5.74, 6) is 0.791. The number of aromatic nitrogens is 3. The molecule has 4 heterocycles. The van der Waals surface area contributed by atoms with Gasteiger partial charge in [0, 0.05) is 33.0 Å². The van der Waals surface area contributed by atoms with E-state index >= 15 is 0 Å². The highest BCUT2D eigenvalue weighted by atomic mass is 28.3. The maximum atomic E-state index is 13.3. The third kappa shape index (κ3) is 7.20. The monoisotopic (exact) mass is 670 g/mol. The molecule has 2 fully saturated rings. The van der Waals surface area contributed by atoms with Crippen molar-refractivity contribution in [3.63, 3.8) is 0 Å². The van der Waals surface area contributed by atoms with E-state index in [1.807, 2.05) is 36.4 Å². The van der Waals surface area contributed by atoms with Crippen molar-refractivity contribution in [3.05, 3.63) is 54.5 Å². The van der Waals surface area contributed by atoms with Crippen molar-refractivity contribution in [2.75, 3.05) is 13.2 Å². The Morgan fingerprint density at radius 1 is 1.00 bits per heavy atom. The second-order valence-corrected chi connectivity index (χ2v) is 22.2. The van der Waals surface area contributed by atoms with Gasteiger partial charge in [0.05, 0.1) is 17.2 Å². The molecule has 0 N–H and O–H groups in total. The van der Waals surface area contributed by atoms with Gasteiger partial charge in [0.25, 0.3) is 0 Å². The first-order valence-electron chi connectivity index (χ1n) is 17.2. The molecule has 256 valence electrons. The number of ether oxygens (including phenoxy) is 2. The molecule has 1 atom stereocenters. The molecule has 2 aliphatic rings. The van der Waals surface area contributed by atoms with E-state index in [0.29, 0.717) is 19.9 Å². The number of likely N-dealkylation sites (tertiary alicyclic amines) is 1. The predicted molar refractivity (Wildman–Crippen MR) is 195 cm³/mol. The van der Waals surface area contributed by atoms with E-state index in [1.54, 1.807) is 0 Å². The summed E-state index contributed by atoms with van der Waals surface area (Å²) >= 11 is 0. The SMILES string of the molecule is CC(C)(C)OC(=O)N1CCC[C@H]1c1nc2cc(-c3ccc4cc(B5OC(C)(C)C(C)(C)O5)ccc4c3)cnc2n1COCC[Si](C)(C)C. The number of rotatable bonds is 8. The highest BCUT2D eigenvalue weighted by molar-refractivity contribution is 6.76. The molecule has 0 saturated carbocycles. The van der Waals surface area contributed by atoms with E-state index in [2.05, 4.69) is 89.8 Å². The van der Waals surface area contributed by atoms with Gasteiger partial charge in [-0.3, -0.25) is 9.47 Å². The van der Waals surface area contributed by atoms with Gasteiger partial charge in [0.15, 0.2) is 5.65 Å². The molecule has 1 amide bonds. The molecule has 4 aromatic rings. The topological polar surface area (TPSA) is 87.9 Å². The average molecular weight is 671 g/mol. The molecule has 0 unspecified atom stereocenters. The first kappa shape index (κ1) is 34.6. The van der Waals surface area contributed by atoms with Gasteiger partial charge < -0.3 is 18.8 Å². The minimum Gasteiger partial charge on any atom is -0.444 e. The van der Waals surface area contributed by atoms with Crippen molar-refractivity contribution < 1.29 is 23.6 Å². The fraction of sp³-hybridized carbons (Fsp3) is 0.541. The number of imidazole rings is 1. The zero-order chi connectivity index (χ0) is 34.6. The molecule has 11 heteroatoms. The van der Waals surface area contributed by atoms with Crippen LogP contribution in [0.2, 0.25) is 25.7 Å². The van der Waals surface area contributed by atoms with Crippen LogP contribution in [0.4, 0.5) is 4.79 Å². The lowest BCUT2D eigenvalue weighted by atomic mass is 9.78. The van der Waals surface area contributed by atoms with E-state index in [-0.39, 0.29) is 23.3 Å². The Morgan fingerprint density at radius 2 is 1.69 bits per heavy atom. The Hall–Kier alpha value is -3.25. The number of fused-ring (bicyclic) bond motifs is 2. The summed E-state index contributed by atoms with van der Waals surface area (Å²) < 4.78 is 26.7. The number of benzene rings is 2. The lowest BCUT2D eigenvalue weighted by Gasteiger charge is -2.32. The summed E-state index contributed by atoms with van der Waals surface area (Å²) in [6, 6.07) is 15.8. The average Bonchev–Trinajstić information content (AvgIpc) is 3.66. The third-order valence-electron chi connectivity index (χ3n) is 9.73. The second kappa shape index (κ2) is 12.6. The Labute approximate surface area is 286 Å². The lowest BCUT2D eigenvalue weighted by molar-refractivity contribution is 0.00578. The van der Waals surface area contributed by atoms with Gasteiger partial charge >= 0.3 is 13.2 Å². The summed E-state index contributed by atoms with van der Waals surface area (Å²) in [6.45, 7) is 22.7. The van der Waals surface area contributed by atoms with Crippen LogP contribution in [-0.4, -0.2) is 70.7 Å². The number of hydrogen-bond donors (Lipinski definition) is 0. The van der Waals surface area contributed by atoms with Crippen LogP contribution < -0.4 is 5.46 Å². The second-order valence-electron chi connectivity index (χ2n) is 16.6. The molecule has 0 radical (unpaired) electrons. The zero-order valence-electron chi connectivity index (χ0n) is 30.3. The molecule has 2 saturated heterocycles. The van der Waals surface area contributed by atoms with Crippen LogP contribution in [0.15, 0.2) is 48.7 Å².